The second-order valence-electron chi connectivity index (χ2n) is 15.3. The zero-order valence-corrected chi connectivity index (χ0v) is 31.6. The number of benzene rings is 9. The first-order valence-corrected chi connectivity index (χ1v) is 19.9. The van der Waals surface area contributed by atoms with Crippen molar-refractivity contribution >= 4 is 70.1 Å². The summed E-state index contributed by atoms with van der Waals surface area (Å²) < 4.78 is 2.67. The first-order chi connectivity index (χ1) is 27.0. The molecule has 0 atom stereocenters. The van der Waals surface area contributed by atoms with E-state index in [1.54, 1.807) is 0 Å². The number of hydrogen-bond acceptors (Lipinski definition) is 2. The highest BCUT2D eigenvalue weighted by atomic mass is 32.1. The first kappa shape index (κ1) is 32.0. The highest BCUT2D eigenvalue weighted by Gasteiger charge is 2.35. The van der Waals surface area contributed by atoms with E-state index in [4.69, 9.17) is 0 Å². The van der Waals surface area contributed by atoms with E-state index < -0.39 is 0 Å². The number of fused-ring (bicyclic) bond motifs is 9. The maximum Gasteiger partial charge on any atom is 0.0468 e. The van der Waals surface area contributed by atoms with Gasteiger partial charge in [-0.2, -0.15) is 0 Å². The van der Waals surface area contributed by atoms with Gasteiger partial charge in [-0.15, -0.1) is 11.3 Å². The normalized spacial score (nSPS) is 13.1. The molecule has 10 aromatic rings. The van der Waals surface area contributed by atoms with Crippen molar-refractivity contribution in [1.29, 1.82) is 0 Å². The predicted molar refractivity (Wildman–Crippen MR) is 237 cm³/mol. The Labute approximate surface area is 325 Å². The Morgan fingerprint density at radius 2 is 1.04 bits per heavy atom. The Morgan fingerprint density at radius 3 is 1.95 bits per heavy atom. The van der Waals surface area contributed by atoms with Crippen LogP contribution in [0.5, 0.6) is 0 Å². The fourth-order valence-electron chi connectivity index (χ4n) is 9.11. The quantitative estimate of drug-likeness (QED) is 0.171. The van der Waals surface area contributed by atoms with E-state index in [0.29, 0.717) is 0 Å². The van der Waals surface area contributed by atoms with E-state index in [1.807, 2.05) is 11.3 Å². The van der Waals surface area contributed by atoms with Gasteiger partial charge in [0.05, 0.1) is 0 Å². The molecule has 11 rings (SSSR count). The van der Waals surface area contributed by atoms with Crippen LogP contribution in [0.25, 0.3) is 75.1 Å². The standard InChI is InChI=1S/C53H37NS/c1-53(2)48-19-7-5-16-44(48)47-33-41(28-29-49(47)53)54(40-14-9-13-38(31-40)43-18-10-12-35-11-3-4-15-42(35)43)39-26-23-34(24-27-39)37-22-21-36-25-30-51-52(46(36)32-37)45-17-6-8-20-50(45)55-51/h3-33H,1-2H3. The largest absolute Gasteiger partial charge is 0.310 e. The lowest BCUT2D eigenvalue weighted by molar-refractivity contribution is 0.660. The summed E-state index contributed by atoms with van der Waals surface area (Å²) in [5, 5.41) is 7.79. The van der Waals surface area contributed by atoms with Crippen molar-refractivity contribution in [3.8, 4) is 33.4 Å². The molecule has 0 fully saturated rings. The predicted octanol–water partition coefficient (Wildman–Crippen LogP) is 15.5. The monoisotopic (exact) mass is 719 g/mol. The summed E-state index contributed by atoms with van der Waals surface area (Å²) in [5.74, 6) is 0. The zero-order valence-electron chi connectivity index (χ0n) is 30.8. The van der Waals surface area contributed by atoms with Gasteiger partial charge in [0.2, 0.25) is 0 Å². The molecule has 0 bridgehead atoms. The molecule has 0 radical (unpaired) electrons. The Morgan fingerprint density at radius 1 is 0.382 bits per heavy atom. The third-order valence-corrected chi connectivity index (χ3v) is 13.0. The van der Waals surface area contributed by atoms with E-state index in [9.17, 15) is 0 Å². The molecule has 260 valence electrons. The average molecular weight is 720 g/mol. The summed E-state index contributed by atoms with van der Waals surface area (Å²) in [4.78, 5) is 2.42. The molecule has 1 aliphatic carbocycles. The van der Waals surface area contributed by atoms with Gasteiger partial charge in [0.25, 0.3) is 0 Å². The summed E-state index contributed by atoms with van der Waals surface area (Å²) >= 11 is 1.88. The Balaban J connectivity index is 1.06. The van der Waals surface area contributed by atoms with Gasteiger partial charge in [0.1, 0.15) is 0 Å². The van der Waals surface area contributed by atoms with Gasteiger partial charge in [-0.05, 0) is 121 Å². The van der Waals surface area contributed by atoms with Crippen LogP contribution < -0.4 is 4.90 Å². The highest BCUT2D eigenvalue weighted by Crippen LogP contribution is 2.51. The van der Waals surface area contributed by atoms with Gasteiger partial charge >= 0.3 is 0 Å². The van der Waals surface area contributed by atoms with Crippen LogP contribution in [0.1, 0.15) is 25.0 Å². The molecule has 0 amide bonds. The van der Waals surface area contributed by atoms with Gasteiger partial charge in [0.15, 0.2) is 0 Å². The molecule has 1 aromatic heterocycles. The third-order valence-electron chi connectivity index (χ3n) is 11.8. The van der Waals surface area contributed by atoms with Crippen molar-refractivity contribution in [2.75, 3.05) is 4.90 Å². The lowest BCUT2D eigenvalue weighted by Crippen LogP contribution is -2.15. The Kier molecular flexibility index (Phi) is 7.14. The maximum absolute atomic E-state index is 2.42. The molecule has 9 aromatic carbocycles. The van der Waals surface area contributed by atoms with Crippen LogP contribution in [-0.2, 0) is 5.41 Å². The summed E-state index contributed by atoms with van der Waals surface area (Å²) in [6.45, 7) is 4.69. The lowest BCUT2D eigenvalue weighted by atomic mass is 9.82. The third kappa shape index (κ3) is 5.06. The van der Waals surface area contributed by atoms with Crippen molar-refractivity contribution in [2.24, 2.45) is 0 Å². The molecule has 2 heteroatoms. The summed E-state index contributed by atoms with van der Waals surface area (Å²) in [5.41, 5.74) is 13.6. The molecule has 1 aliphatic rings. The van der Waals surface area contributed by atoms with Crippen LogP contribution in [0, 0.1) is 0 Å². The lowest BCUT2D eigenvalue weighted by Gasteiger charge is -2.28. The molecule has 0 aliphatic heterocycles. The molecule has 0 N–H and O–H groups in total. The summed E-state index contributed by atoms with van der Waals surface area (Å²) in [6, 6.07) is 69.7. The van der Waals surface area contributed by atoms with Crippen LogP contribution in [0.3, 0.4) is 0 Å². The minimum absolute atomic E-state index is 0.0496. The average Bonchev–Trinajstić information content (AvgIpc) is 3.73. The molecule has 0 spiro atoms. The maximum atomic E-state index is 2.42. The minimum Gasteiger partial charge on any atom is -0.310 e. The van der Waals surface area contributed by atoms with E-state index in [0.717, 1.165) is 17.1 Å². The SMILES string of the molecule is CC1(C)c2ccccc2-c2cc(N(c3ccc(-c4ccc5ccc6sc7ccccc7c6c5c4)cc3)c3cccc(-c4cccc5ccccc45)c3)ccc21. The van der Waals surface area contributed by atoms with Crippen molar-refractivity contribution in [2.45, 2.75) is 19.3 Å². The summed E-state index contributed by atoms with van der Waals surface area (Å²) in [7, 11) is 0. The van der Waals surface area contributed by atoms with Gasteiger partial charge in [-0.1, -0.05) is 147 Å². The molecule has 0 saturated heterocycles. The van der Waals surface area contributed by atoms with Crippen LogP contribution in [-0.4, -0.2) is 0 Å². The fraction of sp³-hybridized carbons (Fsp3) is 0.0566. The topological polar surface area (TPSA) is 3.24 Å². The van der Waals surface area contributed by atoms with Crippen molar-refractivity contribution < 1.29 is 0 Å². The molecule has 0 saturated carbocycles. The van der Waals surface area contributed by atoms with Gasteiger partial charge in [-0.25, -0.2) is 0 Å². The molecule has 55 heavy (non-hydrogen) atoms. The second kappa shape index (κ2) is 12.3. The Hall–Kier alpha value is -6.48. The van der Waals surface area contributed by atoms with Crippen LogP contribution in [0.4, 0.5) is 17.1 Å². The van der Waals surface area contributed by atoms with Crippen LogP contribution >= 0.6 is 11.3 Å². The number of nitrogens with zero attached hydrogens (tertiary/aromatic N) is 1. The van der Waals surface area contributed by atoms with Gasteiger partial charge < -0.3 is 4.90 Å². The van der Waals surface area contributed by atoms with Gasteiger partial charge in [-0.3, -0.25) is 0 Å². The minimum atomic E-state index is -0.0496. The summed E-state index contributed by atoms with van der Waals surface area (Å²) in [6.07, 6.45) is 0. The molecule has 0 unspecified atom stereocenters. The molecule has 1 nitrogen and oxygen atoms in total. The van der Waals surface area contributed by atoms with E-state index in [-0.39, 0.29) is 5.41 Å². The number of thiophene rings is 1. The highest BCUT2D eigenvalue weighted by molar-refractivity contribution is 7.26. The van der Waals surface area contributed by atoms with Crippen LogP contribution in [0.2, 0.25) is 0 Å². The fourth-order valence-corrected chi connectivity index (χ4v) is 10.2. The van der Waals surface area contributed by atoms with E-state index in [2.05, 4.69) is 207 Å². The van der Waals surface area contributed by atoms with Crippen molar-refractivity contribution in [3.63, 3.8) is 0 Å². The van der Waals surface area contributed by atoms with E-state index >= 15 is 0 Å². The van der Waals surface area contributed by atoms with Crippen molar-refractivity contribution in [1.82, 2.24) is 0 Å². The second-order valence-corrected chi connectivity index (χ2v) is 16.4. The number of rotatable bonds is 5. The molecule has 1 heterocycles. The van der Waals surface area contributed by atoms with Crippen LogP contribution in [0.15, 0.2) is 188 Å². The Bertz CT molecular complexity index is 3120. The molecular formula is C53H37NS. The van der Waals surface area contributed by atoms with E-state index in [1.165, 1.54) is 86.2 Å². The molecular weight excluding hydrogens is 683 g/mol. The van der Waals surface area contributed by atoms with Crippen molar-refractivity contribution in [3.05, 3.63) is 199 Å². The zero-order chi connectivity index (χ0) is 36.7. The van der Waals surface area contributed by atoms with Gasteiger partial charge in [0, 0.05) is 42.6 Å². The first-order valence-electron chi connectivity index (χ1n) is 19.1. The smallest absolute Gasteiger partial charge is 0.0468 e. The number of anilines is 3. The number of hydrogen-bond donors (Lipinski definition) is 0.